The van der Waals surface area contributed by atoms with Crippen molar-refractivity contribution in [1.82, 2.24) is 4.90 Å². The lowest BCUT2D eigenvalue weighted by Crippen LogP contribution is -2.41. The SMILES string of the molecule is Cc1cc(C(=O)N2CCC(C(=O)Nc3cc(Cl)ccc3O)CC2)c(C)s1. The van der Waals surface area contributed by atoms with Crippen molar-refractivity contribution < 1.29 is 14.7 Å². The van der Waals surface area contributed by atoms with E-state index in [4.69, 9.17) is 11.6 Å². The highest BCUT2D eigenvalue weighted by molar-refractivity contribution is 7.12. The number of benzene rings is 1. The van der Waals surface area contributed by atoms with Gasteiger partial charge in [-0.2, -0.15) is 0 Å². The van der Waals surface area contributed by atoms with Crippen molar-refractivity contribution in [3.8, 4) is 5.75 Å². The van der Waals surface area contributed by atoms with Gasteiger partial charge in [-0.25, -0.2) is 0 Å². The van der Waals surface area contributed by atoms with Gasteiger partial charge >= 0.3 is 0 Å². The van der Waals surface area contributed by atoms with Crippen LogP contribution in [0, 0.1) is 19.8 Å². The zero-order valence-electron chi connectivity index (χ0n) is 14.7. The van der Waals surface area contributed by atoms with Gasteiger partial charge in [0, 0.05) is 33.8 Å². The molecule has 7 heteroatoms. The second-order valence-corrected chi connectivity index (χ2v) is 8.44. The van der Waals surface area contributed by atoms with Gasteiger partial charge in [-0.05, 0) is 51.0 Å². The summed E-state index contributed by atoms with van der Waals surface area (Å²) in [6, 6.07) is 6.47. The number of phenolic OH excluding ortho intramolecular Hbond substituents is 1. The Morgan fingerprint density at radius 1 is 1.23 bits per heavy atom. The molecule has 0 unspecified atom stereocenters. The molecule has 138 valence electrons. The molecule has 1 aromatic heterocycles. The predicted molar refractivity (Wildman–Crippen MR) is 104 cm³/mol. The van der Waals surface area contributed by atoms with E-state index in [-0.39, 0.29) is 23.5 Å². The summed E-state index contributed by atoms with van der Waals surface area (Å²) in [6.45, 7) is 5.05. The largest absolute Gasteiger partial charge is 0.506 e. The van der Waals surface area contributed by atoms with Crippen LogP contribution in [0.15, 0.2) is 24.3 Å². The molecule has 2 N–H and O–H groups in total. The van der Waals surface area contributed by atoms with Crippen LogP contribution in [0.3, 0.4) is 0 Å². The quantitative estimate of drug-likeness (QED) is 0.768. The van der Waals surface area contributed by atoms with Crippen LogP contribution in [0.5, 0.6) is 5.75 Å². The van der Waals surface area contributed by atoms with Crippen LogP contribution in [0.1, 0.15) is 33.0 Å². The minimum absolute atomic E-state index is 0.0151. The van der Waals surface area contributed by atoms with Crippen LogP contribution in [0.25, 0.3) is 0 Å². The Morgan fingerprint density at radius 2 is 1.92 bits per heavy atom. The van der Waals surface area contributed by atoms with Gasteiger partial charge in [0.1, 0.15) is 5.75 Å². The highest BCUT2D eigenvalue weighted by Gasteiger charge is 2.29. The van der Waals surface area contributed by atoms with Crippen LogP contribution < -0.4 is 5.32 Å². The smallest absolute Gasteiger partial charge is 0.254 e. The van der Waals surface area contributed by atoms with Crippen LogP contribution in [-0.2, 0) is 4.79 Å². The molecule has 0 spiro atoms. The normalized spacial score (nSPS) is 15.1. The summed E-state index contributed by atoms with van der Waals surface area (Å²) in [5.41, 5.74) is 1.07. The number of rotatable bonds is 3. The van der Waals surface area contributed by atoms with E-state index in [2.05, 4.69) is 5.32 Å². The third-order valence-electron chi connectivity index (χ3n) is 4.64. The zero-order valence-corrected chi connectivity index (χ0v) is 16.3. The summed E-state index contributed by atoms with van der Waals surface area (Å²) >= 11 is 7.53. The number of aromatic hydroxyl groups is 1. The number of phenols is 1. The van der Waals surface area contributed by atoms with Crippen molar-refractivity contribution in [3.05, 3.63) is 44.6 Å². The van der Waals surface area contributed by atoms with Crippen molar-refractivity contribution in [2.45, 2.75) is 26.7 Å². The first kappa shape index (κ1) is 18.7. The molecule has 2 amide bonds. The number of hydrogen-bond donors (Lipinski definition) is 2. The molecule has 5 nitrogen and oxygen atoms in total. The molecule has 0 atom stereocenters. The molecule has 1 saturated heterocycles. The first-order valence-electron chi connectivity index (χ1n) is 8.51. The van der Waals surface area contributed by atoms with E-state index in [1.807, 2.05) is 24.8 Å². The maximum Gasteiger partial charge on any atom is 0.254 e. The van der Waals surface area contributed by atoms with E-state index < -0.39 is 0 Å². The molecule has 0 bridgehead atoms. The molecule has 3 rings (SSSR count). The highest BCUT2D eigenvalue weighted by Crippen LogP contribution is 2.29. The van der Waals surface area contributed by atoms with Crippen molar-refractivity contribution >= 4 is 40.4 Å². The highest BCUT2D eigenvalue weighted by atomic mass is 35.5. The Bertz CT molecular complexity index is 841. The molecule has 0 saturated carbocycles. The van der Waals surface area contributed by atoms with Crippen molar-refractivity contribution in [2.24, 2.45) is 5.92 Å². The van der Waals surface area contributed by atoms with E-state index in [1.165, 1.54) is 12.1 Å². The van der Waals surface area contributed by atoms with E-state index in [0.29, 0.717) is 36.6 Å². The number of hydrogen-bond acceptors (Lipinski definition) is 4. The fraction of sp³-hybridized carbons (Fsp3) is 0.368. The molecule has 2 heterocycles. The first-order valence-corrected chi connectivity index (χ1v) is 9.70. The van der Waals surface area contributed by atoms with Gasteiger partial charge in [0.2, 0.25) is 5.91 Å². The van der Waals surface area contributed by atoms with Gasteiger partial charge in [-0.15, -0.1) is 11.3 Å². The Balaban J connectivity index is 1.59. The number of aryl methyl sites for hydroxylation is 2. The predicted octanol–water partition coefficient (Wildman–Crippen LogP) is 4.21. The molecule has 2 aromatic rings. The number of halogens is 1. The molecule has 1 fully saturated rings. The lowest BCUT2D eigenvalue weighted by Gasteiger charge is -2.31. The minimum Gasteiger partial charge on any atom is -0.506 e. The fourth-order valence-electron chi connectivity index (χ4n) is 3.20. The zero-order chi connectivity index (χ0) is 18.8. The molecule has 0 aliphatic carbocycles. The summed E-state index contributed by atoms with van der Waals surface area (Å²) in [4.78, 5) is 29.1. The second-order valence-electron chi connectivity index (χ2n) is 6.54. The average Bonchev–Trinajstić information content (AvgIpc) is 2.96. The topological polar surface area (TPSA) is 69.6 Å². The Hall–Kier alpha value is -2.05. The number of likely N-dealkylation sites (tertiary alicyclic amines) is 1. The van der Waals surface area contributed by atoms with Gasteiger partial charge in [-0.1, -0.05) is 11.6 Å². The monoisotopic (exact) mass is 392 g/mol. The van der Waals surface area contributed by atoms with E-state index in [1.54, 1.807) is 17.4 Å². The van der Waals surface area contributed by atoms with Crippen molar-refractivity contribution in [2.75, 3.05) is 18.4 Å². The second kappa shape index (κ2) is 7.68. The number of anilines is 1. The Kier molecular flexibility index (Phi) is 5.53. The summed E-state index contributed by atoms with van der Waals surface area (Å²) < 4.78 is 0. The number of thiophene rings is 1. The summed E-state index contributed by atoms with van der Waals surface area (Å²) in [5, 5.41) is 13.0. The standard InChI is InChI=1S/C19H21ClN2O3S/c1-11-9-15(12(2)26-11)19(25)22-7-5-13(6-8-22)18(24)21-16-10-14(20)3-4-17(16)23/h3-4,9-10,13,23H,5-8H2,1-2H3,(H,21,24). The van der Waals surface area contributed by atoms with E-state index in [0.717, 1.165) is 15.3 Å². The van der Waals surface area contributed by atoms with Gasteiger partial charge in [-0.3, -0.25) is 9.59 Å². The van der Waals surface area contributed by atoms with Crippen LogP contribution in [-0.4, -0.2) is 34.9 Å². The molecule has 26 heavy (non-hydrogen) atoms. The summed E-state index contributed by atoms with van der Waals surface area (Å²) in [6.07, 6.45) is 1.20. The third-order valence-corrected chi connectivity index (χ3v) is 5.84. The van der Waals surface area contributed by atoms with Gasteiger partial charge in [0.15, 0.2) is 0 Å². The fourth-order valence-corrected chi connectivity index (χ4v) is 4.29. The van der Waals surface area contributed by atoms with Crippen LogP contribution >= 0.6 is 22.9 Å². The number of carbonyl (C=O) groups is 2. The maximum absolute atomic E-state index is 12.7. The summed E-state index contributed by atoms with van der Waals surface area (Å²) in [7, 11) is 0. The molecule has 1 aliphatic heterocycles. The minimum atomic E-state index is -0.192. The van der Waals surface area contributed by atoms with E-state index >= 15 is 0 Å². The third kappa shape index (κ3) is 4.02. The average molecular weight is 393 g/mol. The first-order chi connectivity index (χ1) is 12.3. The molecular weight excluding hydrogens is 372 g/mol. The Morgan fingerprint density at radius 3 is 2.54 bits per heavy atom. The number of amides is 2. The number of nitrogens with zero attached hydrogens (tertiary/aromatic N) is 1. The van der Waals surface area contributed by atoms with Gasteiger partial charge in [0.05, 0.1) is 11.3 Å². The van der Waals surface area contributed by atoms with Gasteiger partial charge in [0.25, 0.3) is 5.91 Å². The van der Waals surface area contributed by atoms with Crippen LogP contribution in [0.4, 0.5) is 5.69 Å². The maximum atomic E-state index is 12.7. The Labute approximate surface area is 161 Å². The van der Waals surface area contributed by atoms with Crippen molar-refractivity contribution in [3.63, 3.8) is 0 Å². The molecular formula is C19H21ClN2O3S. The lowest BCUT2D eigenvalue weighted by atomic mass is 9.95. The summed E-state index contributed by atoms with van der Waals surface area (Å²) in [5.74, 6) is -0.322. The number of nitrogens with one attached hydrogen (secondary N) is 1. The molecule has 0 radical (unpaired) electrons. The van der Waals surface area contributed by atoms with Gasteiger partial charge < -0.3 is 15.3 Å². The van der Waals surface area contributed by atoms with Crippen molar-refractivity contribution in [1.29, 1.82) is 0 Å². The number of piperidine rings is 1. The van der Waals surface area contributed by atoms with E-state index in [9.17, 15) is 14.7 Å². The molecule has 1 aromatic carbocycles. The molecule has 1 aliphatic rings. The number of carbonyl (C=O) groups excluding carboxylic acids is 2. The van der Waals surface area contributed by atoms with Crippen LogP contribution in [0.2, 0.25) is 5.02 Å². The lowest BCUT2D eigenvalue weighted by molar-refractivity contribution is -0.121.